The van der Waals surface area contributed by atoms with Crippen molar-refractivity contribution in [2.75, 3.05) is 11.9 Å². The van der Waals surface area contributed by atoms with Crippen molar-refractivity contribution >= 4 is 29.0 Å². The molecule has 0 radical (unpaired) electrons. The molecule has 6 heteroatoms. The number of hydrogen-bond acceptors (Lipinski definition) is 3. The molecular formula is C18H16Cl2N4. The van der Waals surface area contributed by atoms with Crippen LogP contribution in [0.5, 0.6) is 0 Å². The van der Waals surface area contributed by atoms with E-state index in [9.17, 15) is 0 Å². The molecule has 3 aromatic rings. The second-order valence-electron chi connectivity index (χ2n) is 5.78. The van der Waals surface area contributed by atoms with E-state index in [0.717, 1.165) is 48.7 Å². The minimum atomic E-state index is 0.520. The maximum absolute atomic E-state index is 6.20. The van der Waals surface area contributed by atoms with E-state index >= 15 is 0 Å². The number of fused-ring (bicyclic) bond motifs is 1. The molecule has 0 fully saturated rings. The standard InChI is InChI=1S/C18H16Cl2N4/c19-14-8-7-12(11-15(14)20)24-18-13(5-1-3-10-22-18)17(23-24)16-6-2-4-9-21-16/h2,4,6-9,11,22H,1,3,5,10H2. The first-order valence-corrected chi connectivity index (χ1v) is 8.72. The molecule has 3 heterocycles. The Morgan fingerprint density at radius 3 is 2.75 bits per heavy atom. The molecular weight excluding hydrogens is 343 g/mol. The van der Waals surface area contributed by atoms with Crippen molar-refractivity contribution in [3.05, 3.63) is 58.2 Å². The first kappa shape index (κ1) is 15.5. The van der Waals surface area contributed by atoms with Crippen LogP contribution in [0.2, 0.25) is 10.0 Å². The first-order valence-electron chi connectivity index (χ1n) is 7.96. The van der Waals surface area contributed by atoms with Gasteiger partial charge in [0.2, 0.25) is 0 Å². The van der Waals surface area contributed by atoms with Crippen LogP contribution in [0.4, 0.5) is 5.82 Å². The van der Waals surface area contributed by atoms with Gasteiger partial charge in [0, 0.05) is 18.3 Å². The van der Waals surface area contributed by atoms with Gasteiger partial charge in [-0.2, -0.15) is 5.10 Å². The molecule has 0 saturated heterocycles. The van der Waals surface area contributed by atoms with Gasteiger partial charge in [0.05, 0.1) is 21.4 Å². The van der Waals surface area contributed by atoms with Crippen molar-refractivity contribution < 1.29 is 0 Å². The number of halogens is 2. The maximum Gasteiger partial charge on any atom is 0.133 e. The van der Waals surface area contributed by atoms with E-state index in [2.05, 4.69) is 10.3 Å². The van der Waals surface area contributed by atoms with Gasteiger partial charge >= 0.3 is 0 Å². The van der Waals surface area contributed by atoms with E-state index in [-0.39, 0.29) is 0 Å². The highest BCUT2D eigenvalue weighted by Crippen LogP contribution is 2.34. The molecule has 1 aliphatic heterocycles. The van der Waals surface area contributed by atoms with E-state index in [1.807, 2.05) is 35.0 Å². The van der Waals surface area contributed by atoms with Gasteiger partial charge in [0.25, 0.3) is 0 Å². The van der Waals surface area contributed by atoms with Gasteiger partial charge in [-0.3, -0.25) is 4.98 Å². The van der Waals surface area contributed by atoms with Crippen molar-refractivity contribution in [1.82, 2.24) is 14.8 Å². The molecule has 0 atom stereocenters. The number of nitrogens with one attached hydrogen (secondary N) is 1. The van der Waals surface area contributed by atoms with E-state index in [0.29, 0.717) is 10.0 Å². The molecule has 2 aromatic heterocycles. The zero-order valence-corrected chi connectivity index (χ0v) is 14.5. The lowest BCUT2D eigenvalue weighted by Crippen LogP contribution is -2.07. The number of anilines is 1. The Hall–Kier alpha value is -2.04. The quantitative estimate of drug-likeness (QED) is 0.701. The van der Waals surface area contributed by atoms with Crippen molar-refractivity contribution in [1.29, 1.82) is 0 Å². The largest absolute Gasteiger partial charge is 0.370 e. The van der Waals surface area contributed by atoms with Crippen LogP contribution in [0.25, 0.3) is 17.1 Å². The molecule has 0 unspecified atom stereocenters. The molecule has 4 rings (SSSR count). The second-order valence-corrected chi connectivity index (χ2v) is 6.60. The van der Waals surface area contributed by atoms with Crippen molar-refractivity contribution in [3.8, 4) is 17.1 Å². The molecule has 4 nitrogen and oxygen atoms in total. The van der Waals surface area contributed by atoms with Crippen LogP contribution >= 0.6 is 23.2 Å². The summed E-state index contributed by atoms with van der Waals surface area (Å²) in [6.45, 7) is 0.932. The predicted molar refractivity (Wildman–Crippen MR) is 98.2 cm³/mol. The fraction of sp³-hybridized carbons (Fsp3) is 0.222. The zero-order valence-electron chi connectivity index (χ0n) is 13.0. The molecule has 122 valence electrons. The third-order valence-electron chi connectivity index (χ3n) is 4.18. The predicted octanol–water partition coefficient (Wildman–Crippen LogP) is 4.99. The van der Waals surface area contributed by atoms with Crippen molar-refractivity contribution in [2.45, 2.75) is 19.3 Å². The summed E-state index contributed by atoms with van der Waals surface area (Å²) in [5, 5.41) is 9.41. The van der Waals surface area contributed by atoms with E-state index in [4.69, 9.17) is 28.3 Å². The normalized spacial score (nSPS) is 13.9. The molecule has 1 N–H and O–H groups in total. The Morgan fingerprint density at radius 1 is 1.04 bits per heavy atom. The average Bonchev–Trinajstić information content (AvgIpc) is 2.80. The Morgan fingerprint density at radius 2 is 1.96 bits per heavy atom. The van der Waals surface area contributed by atoms with Gasteiger partial charge in [0.15, 0.2) is 0 Å². The summed E-state index contributed by atoms with van der Waals surface area (Å²) in [7, 11) is 0. The van der Waals surface area contributed by atoms with Crippen LogP contribution < -0.4 is 5.32 Å². The van der Waals surface area contributed by atoms with Crippen LogP contribution in [0.1, 0.15) is 18.4 Å². The molecule has 24 heavy (non-hydrogen) atoms. The molecule has 0 spiro atoms. The van der Waals surface area contributed by atoms with Gasteiger partial charge in [-0.1, -0.05) is 29.3 Å². The highest BCUT2D eigenvalue weighted by molar-refractivity contribution is 6.42. The monoisotopic (exact) mass is 358 g/mol. The lowest BCUT2D eigenvalue weighted by atomic mass is 10.1. The molecule has 1 aromatic carbocycles. The minimum absolute atomic E-state index is 0.520. The fourth-order valence-electron chi connectivity index (χ4n) is 3.01. The van der Waals surface area contributed by atoms with Crippen LogP contribution in [0.15, 0.2) is 42.6 Å². The Balaban J connectivity index is 1.91. The average molecular weight is 359 g/mol. The Bertz CT molecular complexity index is 874. The highest BCUT2D eigenvalue weighted by atomic mass is 35.5. The Labute approximate surface area is 150 Å². The van der Waals surface area contributed by atoms with E-state index in [1.54, 1.807) is 12.3 Å². The molecule has 0 bridgehead atoms. The Kier molecular flexibility index (Phi) is 4.17. The molecule has 0 saturated carbocycles. The van der Waals surface area contributed by atoms with Gasteiger partial charge < -0.3 is 5.32 Å². The summed E-state index contributed by atoms with van der Waals surface area (Å²) in [6.07, 6.45) is 5.05. The second kappa shape index (κ2) is 6.46. The SMILES string of the molecule is Clc1ccc(-n2nc(-c3ccccn3)c3c2NCCCC3)cc1Cl. The number of benzene rings is 1. The molecule has 0 aliphatic carbocycles. The molecule has 1 aliphatic rings. The maximum atomic E-state index is 6.20. The third kappa shape index (κ3) is 2.76. The summed E-state index contributed by atoms with van der Waals surface area (Å²) in [4.78, 5) is 4.48. The number of nitrogens with zero attached hydrogens (tertiary/aromatic N) is 3. The topological polar surface area (TPSA) is 42.7 Å². The van der Waals surface area contributed by atoms with Crippen LogP contribution in [0, 0.1) is 0 Å². The van der Waals surface area contributed by atoms with Crippen molar-refractivity contribution in [3.63, 3.8) is 0 Å². The third-order valence-corrected chi connectivity index (χ3v) is 4.92. The summed E-state index contributed by atoms with van der Waals surface area (Å²) < 4.78 is 1.91. The van der Waals surface area contributed by atoms with Crippen LogP contribution in [0.3, 0.4) is 0 Å². The minimum Gasteiger partial charge on any atom is -0.370 e. The zero-order chi connectivity index (χ0) is 16.5. The van der Waals surface area contributed by atoms with Gasteiger partial charge in [-0.25, -0.2) is 4.68 Å². The summed E-state index contributed by atoms with van der Waals surface area (Å²) >= 11 is 12.2. The van der Waals surface area contributed by atoms with Crippen LogP contribution in [-0.2, 0) is 6.42 Å². The van der Waals surface area contributed by atoms with Crippen molar-refractivity contribution in [2.24, 2.45) is 0 Å². The van der Waals surface area contributed by atoms with E-state index < -0.39 is 0 Å². The van der Waals surface area contributed by atoms with Gasteiger partial charge in [0.1, 0.15) is 11.5 Å². The summed E-state index contributed by atoms with van der Waals surface area (Å²) in [5.41, 5.74) is 3.90. The van der Waals surface area contributed by atoms with Crippen LogP contribution in [-0.4, -0.2) is 21.3 Å². The summed E-state index contributed by atoms with van der Waals surface area (Å²) in [6, 6.07) is 11.5. The molecule has 0 amide bonds. The first-order chi connectivity index (χ1) is 11.7. The number of rotatable bonds is 2. The van der Waals surface area contributed by atoms with Gasteiger partial charge in [-0.05, 0) is 49.6 Å². The summed E-state index contributed by atoms with van der Waals surface area (Å²) in [5.74, 6) is 1.02. The van der Waals surface area contributed by atoms with Gasteiger partial charge in [-0.15, -0.1) is 0 Å². The lowest BCUT2D eigenvalue weighted by Gasteiger charge is -2.10. The number of aromatic nitrogens is 3. The highest BCUT2D eigenvalue weighted by Gasteiger charge is 2.22. The smallest absolute Gasteiger partial charge is 0.133 e. The lowest BCUT2D eigenvalue weighted by molar-refractivity contribution is 0.779. The number of pyridine rings is 1. The number of hydrogen-bond donors (Lipinski definition) is 1. The van der Waals surface area contributed by atoms with E-state index in [1.165, 1.54) is 5.56 Å². The fourth-order valence-corrected chi connectivity index (χ4v) is 3.31.